The summed E-state index contributed by atoms with van der Waals surface area (Å²) in [5, 5.41) is 3.34. The molecular formula is C11H11ClINOS. The molecule has 0 aliphatic carbocycles. The Kier molecular flexibility index (Phi) is 4.69. The SMILES string of the molecule is Clc1ccc(CCNCc2ccc(I)o2)s1. The van der Waals surface area contributed by atoms with Crippen molar-refractivity contribution in [2.45, 2.75) is 13.0 Å². The first kappa shape index (κ1) is 12.4. The molecule has 0 saturated heterocycles. The second-order valence-corrected chi connectivity index (χ2v) is 6.20. The summed E-state index contributed by atoms with van der Waals surface area (Å²) in [6.45, 7) is 1.72. The molecule has 0 amide bonds. The molecule has 0 spiro atoms. The van der Waals surface area contributed by atoms with Crippen molar-refractivity contribution in [3.8, 4) is 0 Å². The Labute approximate surface area is 117 Å². The fraction of sp³-hybridized carbons (Fsp3) is 0.273. The van der Waals surface area contributed by atoms with E-state index in [2.05, 4.69) is 34.0 Å². The maximum absolute atomic E-state index is 5.85. The second-order valence-electron chi connectivity index (χ2n) is 3.34. The van der Waals surface area contributed by atoms with Gasteiger partial charge in [0.15, 0.2) is 3.77 Å². The van der Waals surface area contributed by atoms with Crippen LogP contribution in [-0.2, 0) is 13.0 Å². The number of thiophene rings is 1. The van der Waals surface area contributed by atoms with Crippen LogP contribution in [0.2, 0.25) is 4.34 Å². The average molecular weight is 368 g/mol. The van der Waals surface area contributed by atoms with Gasteiger partial charge in [-0.05, 0) is 53.3 Å². The van der Waals surface area contributed by atoms with E-state index in [1.54, 1.807) is 11.3 Å². The Hall–Kier alpha value is -0.0400. The minimum absolute atomic E-state index is 0.780. The van der Waals surface area contributed by atoms with Crippen LogP contribution in [0, 0.1) is 3.77 Å². The zero-order valence-electron chi connectivity index (χ0n) is 8.50. The van der Waals surface area contributed by atoms with Crippen molar-refractivity contribution >= 4 is 45.5 Å². The summed E-state index contributed by atoms with van der Waals surface area (Å²) in [5.41, 5.74) is 0. The summed E-state index contributed by atoms with van der Waals surface area (Å²) in [6, 6.07) is 7.98. The van der Waals surface area contributed by atoms with Crippen LogP contribution in [0.3, 0.4) is 0 Å². The molecule has 0 radical (unpaired) electrons. The molecule has 0 aromatic carbocycles. The number of rotatable bonds is 5. The molecule has 0 atom stereocenters. The Bertz CT molecular complexity index is 412. The quantitative estimate of drug-likeness (QED) is 0.640. The lowest BCUT2D eigenvalue weighted by Gasteiger charge is -2.00. The van der Waals surface area contributed by atoms with Crippen molar-refractivity contribution in [3.63, 3.8) is 0 Å². The highest BCUT2D eigenvalue weighted by atomic mass is 127. The predicted octanol–water partition coefficient (Wildman–Crippen LogP) is 3.93. The van der Waals surface area contributed by atoms with Crippen LogP contribution >= 0.6 is 45.5 Å². The largest absolute Gasteiger partial charge is 0.454 e. The van der Waals surface area contributed by atoms with Gasteiger partial charge in [-0.1, -0.05) is 11.6 Å². The third-order valence-corrected chi connectivity index (χ3v) is 3.98. The molecule has 2 aromatic rings. The zero-order chi connectivity index (χ0) is 11.4. The summed E-state index contributed by atoms with van der Waals surface area (Å²) in [6.07, 6.45) is 1.01. The van der Waals surface area contributed by atoms with E-state index in [4.69, 9.17) is 16.0 Å². The first-order valence-corrected chi connectivity index (χ1v) is 7.20. The molecule has 0 bridgehead atoms. The second kappa shape index (κ2) is 6.05. The van der Waals surface area contributed by atoms with Gasteiger partial charge in [-0.25, -0.2) is 0 Å². The first-order chi connectivity index (χ1) is 7.74. The molecule has 0 aliphatic rings. The lowest BCUT2D eigenvalue weighted by atomic mass is 10.3. The Morgan fingerprint density at radius 1 is 1.31 bits per heavy atom. The van der Waals surface area contributed by atoms with Crippen molar-refractivity contribution in [2.75, 3.05) is 6.54 Å². The van der Waals surface area contributed by atoms with Crippen molar-refractivity contribution in [2.24, 2.45) is 0 Å². The molecule has 5 heteroatoms. The van der Waals surface area contributed by atoms with E-state index >= 15 is 0 Å². The number of furan rings is 1. The van der Waals surface area contributed by atoms with Gasteiger partial charge >= 0.3 is 0 Å². The highest BCUT2D eigenvalue weighted by Crippen LogP contribution is 2.21. The number of hydrogen-bond donors (Lipinski definition) is 1. The van der Waals surface area contributed by atoms with E-state index in [1.807, 2.05) is 18.2 Å². The Morgan fingerprint density at radius 2 is 2.19 bits per heavy atom. The summed E-state index contributed by atoms with van der Waals surface area (Å²) >= 11 is 9.66. The maximum Gasteiger partial charge on any atom is 0.164 e. The van der Waals surface area contributed by atoms with Gasteiger partial charge in [0, 0.05) is 11.4 Å². The van der Waals surface area contributed by atoms with Crippen molar-refractivity contribution in [3.05, 3.63) is 43.0 Å². The number of hydrogen-bond acceptors (Lipinski definition) is 3. The van der Waals surface area contributed by atoms with Crippen LogP contribution < -0.4 is 5.32 Å². The molecular weight excluding hydrogens is 357 g/mol. The fourth-order valence-corrected chi connectivity index (χ4v) is 2.91. The molecule has 2 heterocycles. The topological polar surface area (TPSA) is 25.2 Å². The van der Waals surface area contributed by atoms with Crippen molar-refractivity contribution < 1.29 is 4.42 Å². The van der Waals surface area contributed by atoms with Gasteiger partial charge in [-0.3, -0.25) is 0 Å². The van der Waals surface area contributed by atoms with E-state index in [-0.39, 0.29) is 0 Å². The maximum atomic E-state index is 5.85. The standard InChI is InChI=1S/C11H11ClINOS/c12-10-3-2-9(16-10)5-6-14-7-8-1-4-11(13)15-8/h1-4,14H,5-7H2. The summed E-state index contributed by atoms with van der Waals surface area (Å²) < 4.78 is 7.23. The third-order valence-electron chi connectivity index (χ3n) is 2.11. The van der Waals surface area contributed by atoms with E-state index in [9.17, 15) is 0 Å². The molecule has 0 saturated carbocycles. The molecule has 86 valence electrons. The van der Waals surface area contributed by atoms with Gasteiger partial charge < -0.3 is 9.73 Å². The lowest BCUT2D eigenvalue weighted by Crippen LogP contribution is -2.15. The molecule has 2 aromatic heterocycles. The van der Waals surface area contributed by atoms with Crippen LogP contribution in [0.1, 0.15) is 10.6 Å². The van der Waals surface area contributed by atoms with Crippen LogP contribution in [-0.4, -0.2) is 6.54 Å². The van der Waals surface area contributed by atoms with Gasteiger partial charge in [-0.15, -0.1) is 11.3 Å². The average Bonchev–Trinajstić information content (AvgIpc) is 2.83. The van der Waals surface area contributed by atoms with Crippen LogP contribution in [0.25, 0.3) is 0 Å². The highest BCUT2D eigenvalue weighted by molar-refractivity contribution is 14.1. The Balaban J connectivity index is 1.69. The minimum Gasteiger partial charge on any atom is -0.454 e. The smallest absolute Gasteiger partial charge is 0.164 e. The van der Waals surface area contributed by atoms with Crippen LogP contribution in [0.5, 0.6) is 0 Å². The van der Waals surface area contributed by atoms with Crippen molar-refractivity contribution in [1.29, 1.82) is 0 Å². The van der Waals surface area contributed by atoms with E-state index in [0.717, 1.165) is 33.4 Å². The lowest BCUT2D eigenvalue weighted by molar-refractivity contribution is 0.464. The highest BCUT2D eigenvalue weighted by Gasteiger charge is 2.00. The summed E-state index contributed by atoms with van der Waals surface area (Å²) in [5.74, 6) is 0.980. The molecule has 2 nitrogen and oxygen atoms in total. The van der Waals surface area contributed by atoms with Gasteiger partial charge in [0.25, 0.3) is 0 Å². The number of halogens is 2. The summed E-state index contributed by atoms with van der Waals surface area (Å²) in [4.78, 5) is 1.31. The van der Waals surface area contributed by atoms with Crippen LogP contribution in [0.15, 0.2) is 28.7 Å². The van der Waals surface area contributed by atoms with Crippen LogP contribution in [0.4, 0.5) is 0 Å². The van der Waals surface area contributed by atoms with Crippen molar-refractivity contribution in [1.82, 2.24) is 5.32 Å². The van der Waals surface area contributed by atoms with E-state index in [0.29, 0.717) is 0 Å². The number of nitrogens with one attached hydrogen (secondary N) is 1. The van der Waals surface area contributed by atoms with Gasteiger partial charge in [0.2, 0.25) is 0 Å². The molecule has 2 rings (SSSR count). The molecule has 0 fully saturated rings. The zero-order valence-corrected chi connectivity index (χ0v) is 12.2. The summed E-state index contributed by atoms with van der Waals surface area (Å²) in [7, 11) is 0. The molecule has 0 unspecified atom stereocenters. The normalized spacial score (nSPS) is 10.9. The molecule has 0 aliphatic heterocycles. The van der Waals surface area contributed by atoms with E-state index in [1.165, 1.54) is 4.88 Å². The van der Waals surface area contributed by atoms with Gasteiger partial charge in [0.1, 0.15) is 5.76 Å². The van der Waals surface area contributed by atoms with Gasteiger partial charge in [0.05, 0.1) is 10.9 Å². The third kappa shape index (κ3) is 3.76. The van der Waals surface area contributed by atoms with E-state index < -0.39 is 0 Å². The fourth-order valence-electron chi connectivity index (χ4n) is 1.36. The predicted molar refractivity (Wildman–Crippen MR) is 76.2 cm³/mol. The molecule has 1 N–H and O–H groups in total. The Morgan fingerprint density at radius 3 is 2.81 bits per heavy atom. The minimum atomic E-state index is 0.780. The first-order valence-electron chi connectivity index (χ1n) is 4.93. The molecule has 16 heavy (non-hydrogen) atoms. The van der Waals surface area contributed by atoms with Gasteiger partial charge in [-0.2, -0.15) is 0 Å². The monoisotopic (exact) mass is 367 g/mol.